The minimum atomic E-state index is 0.141. The van der Waals surface area contributed by atoms with Crippen LogP contribution >= 0.6 is 0 Å². The Balaban J connectivity index is 1.59. The fraction of sp³-hybridized carbons (Fsp3) is 0.700. The van der Waals surface area contributed by atoms with Gasteiger partial charge in [-0.25, -0.2) is 0 Å². The normalized spacial score (nSPS) is 37.8. The third-order valence-electron chi connectivity index (χ3n) is 6.05. The third kappa shape index (κ3) is 2.49. The Kier molecular flexibility index (Phi) is 2.93. The molecule has 4 bridgehead atoms. The van der Waals surface area contributed by atoms with Crippen molar-refractivity contribution in [3.8, 4) is 0 Å². The van der Waals surface area contributed by atoms with E-state index >= 15 is 0 Å². The van der Waals surface area contributed by atoms with Crippen molar-refractivity contribution in [3.63, 3.8) is 0 Å². The van der Waals surface area contributed by atoms with Crippen molar-refractivity contribution in [1.29, 1.82) is 0 Å². The summed E-state index contributed by atoms with van der Waals surface area (Å²) in [5, 5.41) is 3.58. The van der Waals surface area contributed by atoms with E-state index in [0.29, 0.717) is 5.41 Å². The minimum absolute atomic E-state index is 0.141. The molecule has 4 aliphatic rings. The lowest BCUT2D eigenvalue weighted by molar-refractivity contribution is -0.00518. The van der Waals surface area contributed by atoms with Gasteiger partial charge in [-0.1, -0.05) is 12.1 Å². The molecule has 1 heteroatoms. The molecule has 4 fully saturated rings. The molecule has 1 aromatic carbocycles. The van der Waals surface area contributed by atoms with Gasteiger partial charge in [0.05, 0.1) is 0 Å². The van der Waals surface area contributed by atoms with Gasteiger partial charge in [0.15, 0.2) is 0 Å². The van der Waals surface area contributed by atoms with Crippen LogP contribution in [0.15, 0.2) is 24.3 Å². The molecule has 5 rings (SSSR count). The summed E-state index contributed by atoms with van der Waals surface area (Å²) < 4.78 is 0. The van der Waals surface area contributed by atoms with E-state index in [-0.39, 0.29) is 5.54 Å². The van der Waals surface area contributed by atoms with E-state index in [4.69, 9.17) is 0 Å². The monoisotopic (exact) mass is 283 g/mol. The smallest absolute Gasteiger partial charge is 0.0344 e. The van der Waals surface area contributed by atoms with Crippen molar-refractivity contribution in [2.75, 3.05) is 5.32 Å². The molecule has 4 saturated carbocycles. The molecule has 4 aliphatic carbocycles. The van der Waals surface area contributed by atoms with Crippen LogP contribution in [0.25, 0.3) is 0 Å². The summed E-state index contributed by atoms with van der Waals surface area (Å²) in [4.78, 5) is 0. The summed E-state index contributed by atoms with van der Waals surface area (Å²) in [6.07, 6.45) is 8.98. The first-order valence-electron chi connectivity index (χ1n) is 8.81. The quantitative estimate of drug-likeness (QED) is 0.770. The maximum atomic E-state index is 3.58. The van der Waals surface area contributed by atoms with Crippen LogP contribution in [-0.2, 0) is 5.41 Å². The van der Waals surface area contributed by atoms with E-state index in [2.05, 4.69) is 50.4 Å². The lowest BCUT2D eigenvalue weighted by Crippen LogP contribution is -2.48. The minimum Gasteiger partial charge on any atom is -0.380 e. The van der Waals surface area contributed by atoms with E-state index in [1.54, 1.807) is 5.56 Å². The molecule has 1 nitrogen and oxygen atoms in total. The zero-order chi connectivity index (χ0) is 14.7. The number of anilines is 1. The largest absolute Gasteiger partial charge is 0.380 e. The standard InChI is InChI=1S/C20H29N/c1-19(2,3)21-18-6-4-17(5-7-18)20-11-14-8-15(12-20)10-16(9-14)13-20/h4-7,14-16,21H,8-13H2,1-3H3. The number of benzene rings is 1. The highest BCUT2D eigenvalue weighted by Gasteiger charge is 2.51. The second kappa shape index (κ2) is 4.51. The average molecular weight is 283 g/mol. The molecule has 0 unspecified atom stereocenters. The maximum absolute atomic E-state index is 3.58. The molecule has 0 aromatic heterocycles. The third-order valence-corrected chi connectivity index (χ3v) is 6.05. The van der Waals surface area contributed by atoms with E-state index in [9.17, 15) is 0 Å². The Hall–Kier alpha value is -0.980. The Morgan fingerprint density at radius 3 is 1.76 bits per heavy atom. The molecule has 1 N–H and O–H groups in total. The van der Waals surface area contributed by atoms with Crippen LogP contribution in [0.2, 0.25) is 0 Å². The summed E-state index contributed by atoms with van der Waals surface area (Å²) in [6.45, 7) is 6.67. The lowest BCUT2D eigenvalue weighted by atomic mass is 9.48. The zero-order valence-corrected chi connectivity index (χ0v) is 13.8. The molecule has 0 aliphatic heterocycles. The van der Waals surface area contributed by atoms with Crippen LogP contribution in [0, 0.1) is 17.8 Å². The van der Waals surface area contributed by atoms with Gasteiger partial charge in [0.25, 0.3) is 0 Å². The second-order valence-corrected chi connectivity index (χ2v) is 9.15. The van der Waals surface area contributed by atoms with Gasteiger partial charge in [-0.05, 0) is 100 Å². The van der Waals surface area contributed by atoms with Gasteiger partial charge in [0.1, 0.15) is 0 Å². The lowest BCUT2D eigenvalue weighted by Gasteiger charge is -2.57. The van der Waals surface area contributed by atoms with E-state index < -0.39 is 0 Å². The van der Waals surface area contributed by atoms with E-state index in [1.165, 1.54) is 44.2 Å². The fourth-order valence-electron chi connectivity index (χ4n) is 5.80. The number of hydrogen-bond acceptors (Lipinski definition) is 1. The molecule has 0 heterocycles. The highest BCUT2D eigenvalue weighted by Crippen LogP contribution is 2.60. The predicted molar refractivity (Wildman–Crippen MR) is 89.7 cm³/mol. The zero-order valence-electron chi connectivity index (χ0n) is 13.8. The van der Waals surface area contributed by atoms with Gasteiger partial charge >= 0.3 is 0 Å². The first-order chi connectivity index (χ1) is 9.92. The summed E-state index contributed by atoms with van der Waals surface area (Å²) in [6, 6.07) is 9.45. The molecule has 0 spiro atoms. The summed E-state index contributed by atoms with van der Waals surface area (Å²) in [7, 11) is 0. The van der Waals surface area contributed by atoms with Crippen LogP contribution < -0.4 is 5.32 Å². The molecular formula is C20H29N. The van der Waals surface area contributed by atoms with Gasteiger partial charge in [-0.15, -0.1) is 0 Å². The van der Waals surface area contributed by atoms with Crippen LogP contribution in [0.1, 0.15) is 64.9 Å². The van der Waals surface area contributed by atoms with Gasteiger partial charge in [-0.2, -0.15) is 0 Å². The molecule has 0 atom stereocenters. The SMILES string of the molecule is CC(C)(C)Nc1ccc(C23CC4CC(CC(C4)C2)C3)cc1. The molecule has 1 aromatic rings. The fourth-order valence-corrected chi connectivity index (χ4v) is 5.80. The summed E-state index contributed by atoms with van der Waals surface area (Å²) in [5.74, 6) is 3.09. The summed E-state index contributed by atoms with van der Waals surface area (Å²) >= 11 is 0. The molecule has 0 radical (unpaired) electrons. The highest BCUT2D eigenvalue weighted by atomic mass is 14.9. The Morgan fingerprint density at radius 1 is 0.857 bits per heavy atom. The van der Waals surface area contributed by atoms with Crippen molar-refractivity contribution in [3.05, 3.63) is 29.8 Å². The highest BCUT2D eigenvalue weighted by molar-refractivity contribution is 5.48. The van der Waals surface area contributed by atoms with Crippen molar-refractivity contribution in [2.24, 2.45) is 17.8 Å². The molecular weight excluding hydrogens is 254 g/mol. The first kappa shape index (κ1) is 13.7. The molecule has 114 valence electrons. The number of hydrogen-bond donors (Lipinski definition) is 1. The van der Waals surface area contributed by atoms with Crippen molar-refractivity contribution in [1.82, 2.24) is 0 Å². The van der Waals surface area contributed by atoms with Gasteiger partial charge in [0.2, 0.25) is 0 Å². The first-order valence-corrected chi connectivity index (χ1v) is 8.81. The number of rotatable bonds is 2. The van der Waals surface area contributed by atoms with Crippen LogP contribution in [-0.4, -0.2) is 5.54 Å². The Labute approximate surface area is 129 Å². The predicted octanol–water partition coefficient (Wildman–Crippen LogP) is 5.36. The van der Waals surface area contributed by atoms with Gasteiger partial charge < -0.3 is 5.32 Å². The topological polar surface area (TPSA) is 12.0 Å². The average Bonchev–Trinajstić information content (AvgIpc) is 2.35. The maximum Gasteiger partial charge on any atom is 0.0344 e. The molecule has 0 saturated heterocycles. The van der Waals surface area contributed by atoms with Crippen molar-refractivity contribution in [2.45, 2.75) is 70.3 Å². The summed E-state index contributed by atoms with van der Waals surface area (Å²) in [5.41, 5.74) is 3.56. The van der Waals surface area contributed by atoms with Crippen molar-refractivity contribution >= 4 is 5.69 Å². The van der Waals surface area contributed by atoms with Gasteiger partial charge in [0, 0.05) is 11.2 Å². The second-order valence-electron chi connectivity index (χ2n) is 9.15. The Bertz CT molecular complexity index is 484. The van der Waals surface area contributed by atoms with Gasteiger partial charge in [-0.3, -0.25) is 0 Å². The molecule has 0 amide bonds. The Morgan fingerprint density at radius 2 is 1.33 bits per heavy atom. The van der Waals surface area contributed by atoms with Crippen LogP contribution in [0.3, 0.4) is 0 Å². The van der Waals surface area contributed by atoms with Crippen LogP contribution in [0.4, 0.5) is 5.69 Å². The molecule has 21 heavy (non-hydrogen) atoms. The number of nitrogens with one attached hydrogen (secondary N) is 1. The van der Waals surface area contributed by atoms with E-state index in [0.717, 1.165) is 17.8 Å². The van der Waals surface area contributed by atoms with Crippen molar-refractivity contribution < 1.29 is 0 Å². The van der Waals surface area contributed by atoms with E-state index in [1.807, 2.05) is 0 Å². The van der Waals surface area contributed by atoms with Crippen LogP contribution in [0.5, 0.6) is 0 Å².